The lowest BCUT2D eigenvalue weighted by Crippen LogP contribution is -2.41. The number of aromatic nitrogens is 4. The van der Waals surface area contributed by atoms with Crippen molar-refractivity contribution in [3.8, 4) is 0 Å². The number of rotatable bonds is 3. The topological polar surface area (TPSA) is 110 Å². The monoisotopic (exact) mass is 267 g/mol. The van der Waals surface area contributed by atoms with Gasteiger partial charge in [-0.05, 0) is 0 Å². The Hall–Kier alpha value is -1.38. The van der Waals surface area contributed by atoms with Crippen LogP contribution < -0.4 is 5.73 Å². The summed E-state index contributed by atoms with van der Waals surface area (Å²) in [6, 6.07) is 0. The highest BCUT2D eigenvalue weighted by Crippen LogP contribution is 2.50. The van der Waals surface area contributed by atoms with Crippen molar-refractivity contribution in [2.24, 2.45) is 5.92 Å². The molecule has 1 aliphatic rings. The van der Waals surface area contributed by atoms with Gasteiger partial charge in [-0.1, -0.05) is 0 Å². The molecule has 18 heavy (non-hydrogen) atoms. The lowest BCUT2D eigenvalue weighted by atomic mass is 10.0. The molecule has 0 aliphatic carbocycles. The minimum absolute atomic E-state index is 0.00795. The average Bonchev–Trinajstić information content (AvgIpc) is 2.75. The molecule has 0 bridgehead atoms. The number of nitrogen functional groups attached to an aromatic ring is 1. The molecule has 2 aromatic heterocycles. The van der Waals surface area contributed by atoms with Gasteiger partial charge in [0.05, 0.1) is 18.3 Å². The summed E-state index contributed by atoms with van der Waals surface area (Å²) in [6.07, 6.45) is 3.06. The van der Waals surface area contributed by atoms with Crippen molar-refractivity contribution in [1.82, 2.24) is 19.5 Å². The van der Waals surface area contributed by atoms with E-state index in [1.165, 1.54) is 6.33 Å². The van der Waals surface area contributed by atoms with Crippen molar-refractivity contribution in [2.45, 2.75) is 10.6 Å². The fraction of sp³-hybridized carbons (Fsp3) is 0.500. The maximum absolute atomic E-state index is 9.37. The Labute approximate surface area is 107 Å². The van der Waals surface area contributed by atoms with Gasteiger partial charge in [0.25, 0.3) is 0 Å². The number of aliphatic hydroxyl groups excluding tert-OH is 2. The number of hydrogen-bond donors (Lipinski definition) is 3. The van der Waals surface area contributed by atoms with Gasteiger partial charge in [0.1, 0.15) is 11.8 Å². The van der Waals surface area contributed by atoms with E-state index in [-0.39, 0.29) is 29.8 Å². The third kappa shape index (κ3) is 1.57. The maximum atomic E-state index is 9.37. The molecule has 8 heteroatoms. The summed E-state index contributed by atoms with van der Waals surface area (Å²) in [4.78, 5) is 12.3. The predicted molar refractivity (Wildman–Crippen MR) is 67.8 cm³/mol. The Morgan fingerprint density at radius 3 is 2.83 bits per heavy atom. The molecule has 0 amide bonds. The molecule has 0 aromatic carbocycles. The second kappa shape index (κ2) is 4.38. The summed E-state index contributed by atoms with van der Waals surface area (Å²) in [5, 5.41) is 18.6. The van der Waals surface area contributed by atoms with Crippen LogP contribution in [-0.2, 0) is 0 Å². The third-order valence-corrected chi connectivity index (χ3v) is 4.91. The van der Waals surface area contributed by atoms with E-state index in [1.54, 1.807) is 18.1 Å². The van der Waals surface area contributed by atoms with Crippen molar-refractivity contribution in [2.75, 3.05) is 18.9 Å². The van der Waals surface area contributed by atoms with Gasteiger partial charge in [0, 0.05) is 17.8 Å². The largest absolute Gasteiger partial charge is 0.396 e. The Kier molecular flexibility index (Phi) is 2.84. The predicted octanol–water partition coefficient (Wildman–Crippen LogP) is -0.377. The zero-order valence-corrected chi connectivity index (χ0v) is 10.3. The van der Waals surface area contributed by atoms with Crippen LogP contribution in [0.25, 0.3) is 11.2 Å². The zero-order chi connectivity index (χ0) is 12.7. The van der Waals surface area contributed by atoms with Gasteiger partial charge in [-0.15, -0.1) is 11.8 Å². The number of imidazole rings is 1. The van der Waals surface area contributed by atoms with Gasteiger partial charge in [0.2, 0.25) is 0 Å². The van der Waals surface area contributed by atoms with Crippen LogP contribution in [0, 0.1) is 5.92 Å². The lowest BCUT2D eigenvalue weighted by molar-refractivity contribution is 0.158. The quantitative estimate of drug-likeness (QED) is 0.695. The molecule has 3 rings (SSSR count). The van der Waals surface area contributed by atoms with E-state index in [4.69, 9.17) is 10.8 Å². The first-order chi connectivity index (χ1) is 8.76. The van der Waals surface area contributed by atoms with Crippen LogP contribution >= 0.6 is 11.8 Å². The zero-order valence-electron chi connectivity index (χ0n) is 9.47. The van der Waals surface area contributed by atoms with E-state index < -0.39 is 0 Å². The molecule has 3 atom stereocenters. The van der Waals surface area contributed by atoms with Crippen LogP contribution in [0.3, 0.4) is 0 Å². The van der Waals surface area contributed by atoms with Crippen LogP contribution in [0.1, 0.15) is 5.37 Å². The molecular formula is C10H13N5O2S. The first-order valence-electron chi connectivity index (χ1n) is 5.56. The molecule has 7 nitrogen and oxygen atoms in total. The van der Waals surface area contributed by atoms with Gasteiger partial charge >= 0.3 is 0 Å². The average molecular weight is 267 g/mol. The number of anilines is 1. The Morgan fingerprint density at radius 2 is 2.11 bits per heavy atom. The van der Waals surface area contributed by atoms with Crippen molar-refractivity contribution in [1.29, 1.82) is 0 Å². The lowest BCUT2D eigenvalue weighted by Gasteiger charge is -2.42. The van der Waals surface area contributed by atoms with E-state index in [1.807, 2.05) is 4.57 Å². The number of nitrogens with two attached hydrogens (primary N) is 1. The fourth-order valence-electron chi connectivity index (χ4n) is 2.19. The molecule has 2 aromatic rings. The molecular weight excluding hydrogens is 254 g/mol. The van der Waals surface area contributed by atoms with E-state index in [0.29, 0.717) is 17.0 Å². The van der Waals surface area contributed by atoms with E-state index >= 15 is 0 Å². The smallest absolute Gasteiger partial charge is 0.166 e. The normalized spacial score (nSPS) is 27.3. The highest BCUT2D eigenvalue weighted by atomic mass is 32.2. The number of hydrogen-bond acceptors (Lipinski definition) is 7. The van der Waals surface area contributed by atoms with Crippen LogP contribution in [0.2, 0.25) is 0 Å². The van der Waals surface area contributed by atoms with E-state index in [2.05, 4.69) is 15.0 Å². The summed E-state index contributed by atoms with van der Waals surface area (Å²) in [5.74, 6) is 0.357. The summed E-state index contributed by atoms with van der Waals surface area (Å²) >= 11 is 1.60. The van der Waals surface area contributed by atoms with Gasteiger partial charge < -0.3 is 20.5 Å². The molecule has 96 valence electrons. The van der Waals surface area contributed by atoms with Crippen LogP contribution in [-0.4, -0.2) is 48.2 Å². The number of nitrogens with zero attached hydrogens (tertiary/aromatic N) is 4. The highest BCUT2D eigenvalue weighted by Gasteiger charge is 2.42. The van der Waals surface area contributed by atoms with E-state index in [9.17, 15) is 5.11 Å². The van der Waals surface area contributed by atoms with Crippen LogP contribution in [0.4, 0.5) is 5.82 Å². The molecule has 0 saturated carbocycles. The van der Waals surface area contributed by atoms with Crippen LogP contribution in [0.5, 0.6) is 0 Å². The molecule has 3 heterocycles. The molecule has 0 radical (unpaired) electrons. The SMILES string of the molecule is Nc1ncnc2c1ncn2[C@@H]1S[C@H](CO)[C@H]1CO. The second-order valence-electron chi connectivity index (χ2n) is 4.18. The molecule has 0 spiro atoms. The van der Waals surface area contributed by atoms with Crippen molar-refractivity contribution < 1.29 is 10.2 Å². The third-order valence-electron chi connectivity index (χ3n) is 3.21. The minimum atomic E-state index is 0.00795. The number of fused-ring (bicyclic) bond motifs is 1. The van der Waals surface area contributed by atoms with Gasteiger partial charge in [-0.2, -0.15) is 0 Å². The van der Waals surface area contributed by atoms with Gasteiger partial charge in [0.15, 0.2) is 11.5 Å². The summed E-state index contributed by atoms with van der Waals surface area (Å²) in [7, 11) is 0. The summed E-state index contributed by atoms with van der Waals surface area (Å²) in [5.41, 5.74) is 6.96. The Morgan fingerprint density at radius 1 is 1.28 bits per heavy atom. The van der Waals surface area contributed by atoms with Crippen molar-refractivity contribution in [3.05, 3.63) is 12.7 Å². The minimum Gasteiger partial charge on any atom is -0.396 e. The summed E-state index contributed by atoms with van der Waals surface area (Å²) < 4.78 is 1.88. The number of aliphatic hydroxyl groups is 2. The summed E-state index contributed by atoms with van der Waals surface area (Å²) in [6.45, 7) is 0.0965. The van der Waals surface area contributed by atoms with Crippen molar-refractivity contribution >= 4 is 28.7 Å². The highest BCUT2D eigenvalue weighted by molar-refractivity contribution is 8.01. The molecule has 0 unspecified atom stereocenters. The van der Waals surface area contributed by atoms with Crippen molar-refractivity contribution in [3.63, 3.8) is 0 Å². The Balaban J connectivity index is 1.99. The molecule has 4 N–H and O–H groups in total. The van der Waals surface area contributed by atoms with Crippen LogP contribution in [0.15, 0.2) is 12.7 Å². The molecule has 1 saturated heterocycles. The van der Waals surface area contributed by atoms with Gasteiger partial charge in [-0.3, -0.25) is 0 Å². The standard InChI is InChI=1S/C10H13N5O2S/c11-8-7-9(13-3-12-8)15(4-14-7)10-5(1-16)6(2-17)18-10/h3-6,10,16-17H,1-2H2,(H2,11,12,13)/t5-,6-,10-/m1/s1. The second-order valence-corrected chi connectivity index (χ2v) is 5.54. The first-order valence-corrected chi connectivity index (χ1v) is 6.50. The fourth-order valence-corrected chi connectivity index (χ4v) is 3.56. The molecule has 1 fully saturated rings. The van der Waals surface area contributed by atoms with E-state index in [0.717, 1.165) is 0 Å². The Bertz CT molecular complexity index is 574. The maximum Gasteiger partial charge on any atom is 0.166 e. The number of thioether (sulfide) groups is 1. The molecule has 1 aliphatic heterocycles. The van der Waals surface area contributed by atoms with Gasteiger partial charge in [-0.25, -0.2) is 15.0 Å². The first kappa shape index (κ1) is 11.7.